The second kappa shape index (κ2) is 10.4. The fourth-order valence-corrected chi connectivity index (χ4v) is 4.27. The first-order valence-corrected chi connectivity index (χ1v) is 11.6. The van der Waals surface area contributed by atoms with Crippen molar-refractivity contribution in [1.29, 1.82) is 0 Å². The molecule has 36 heavy (non-hydrogen) atoms. The minimum absolute atomic E-state index is 0.0700. The number of hydrogen-bond acceptors (Lipinski definition) is 6. The van der Waals surface area contributed by atoms with Gasteiger partial charge in [0, 0.05) is 19.0 Å². The average molecular weight is 500 g/mol. The number of nitrogens with zero attached hydrogens (tertiary/aromatic N) is 4. The summed E-state index contributed by atoms with van der Waals surface area (Å²) in [5.41, 5.74) is 1.38. The molecule has 0 saturated carbocycles. The van der Waals surface area contributed by atoms with Gasteiger partial charge >= 0.3 is 5.76 Å². The van der Waals surface area contributed by atoms with E-state index in [0.717, 1.165) is 9.58 Å². The molecule has 2 aromatic heterocycles. The van der Waals surface area contributed by atoms with Crippen molar-refractivity contribution in [2.45, 2.75) is 50.9 Å². The molecule has 1 aliphatic heterocycles. The molecular formula is C25H27F2N5O4. The van der Waals surface area contributed by atoms with Crippen molar-refractivity contribution in [1.82, 2.24) is 25.0 Å². The highest BCUT2D eigenvalue weighted by atomic mass is 19.1. The summed E-state index contributed by atoms with van der Waals surface area (Å²) in [6.07, 6.45) is -1.99. The molecule has 3 atom stereocenters. The van der Waals surface area contributed by atoms with Crippen molar-refractivity contribution in [2.24, 2.45) is 7.05 Å². The Morgan fingerprint density at radius 3 is 2.53 bits per heavy atom. The highest BCUT2D eigenvalue weighted by Crippen LogP contribution is 2.27. The number of rotatable bonds is 7. The summed E-state index contributed by atoms with van der Waals surface area (Å²) in [6, 6.07) is 10.2. The number of hydrogen-bond donors (Lipinski definition) is 1. The van der Waals surface area contributed by atoms with Crippen LogP contribution in [0.3, 0.4) is 0 Å². The summed E-state index contributed by atoms with van der Waals surface area (Å²) in [5.74, 6) is -2.75. The Kier molecular flexibility index (Phi) is 7.27. The van der Waals surface area contributed by atoms with Gasteiger partial charge in [0.15, 0.2) is 0 Å². The molecular weight excluding hydrogens is 472 g/mol. The monoisotopic (exact) mass is 499 g/mol. The van der Waals surface area contributed by atoms with E-state index in [-0.39, 0.29) is 30.5 Å². The van der Waals surface area contributed by atoms with Crippen LogP contribution in [0, 0.1) is 5.95 Å². The maximum absolute atomic E-state index is 14.7. The molecule has 11 heteroatoms. The summed E-state index contributed by atoms with van der Waals surface area (Å²) in [4.78, 5) is 42.9. The van der Waals surface area contributed by atoms with E-state index in [1.807, 2.05) is 13.8 Å². The lowest BCUT2D eigenvalue weighted by Gasteiger charge is -2.26. The van der Waals surface area contributed by atoms with Gasteiger partial charge in [-0.25, -0.2) is 14.2 Å². The van der Waals surface area contributed by atoms with Crippen LogP contribution in [0.2, 0.25) is 0 Å². The molecule has 0 spiro atoms. The second-order valence-corrected chi connectivity index (χ2v) is 9.08. The number of aryl methyl sites for hydroxylation is 1. The maximum atomic E-state index is 14.7. The molecule has 9 nitrogen and oxygen atoms in total. The van der Waals surface area contributed by atoms with E-state index >= 15 is 0 Å². The van der Waals surface area contributed by atoms with E-state index in [2.05, 4.69) is 15.4 Å². The summed E-state index contributed by atoms with van der Waals surface area (Å²) in [6.45, 7) is 3.43. The first-order valence-electron chi connectivity index (χ1n) is 11.6. The molecule has 190 valence electrons. The van der Waals surface area contributed by atoms with Crippen LogP contribution in [-0.2, 0) is 23.1 Å². The zero-order valence-corrected chi connectivity index (χ0v) is 20.1. The Bertz CT molecular complexity index is 1310. The molecule has 1 saturated heterocycles. The molecule has 4 rings (SSSR count). The molecule has 0 aliphatic carbocycles. The third-order valence-electron chi connectivity index (χ3n) is 6.14. The molecule has 1 fully saturated rings. The third kappa shape index (κ3) is 5.34. The Balaban J connectivity index is 1.58. The zero-order valence-electron chi connectivity index (χ0n) is 20.1. The number of halogens is 2. The molecule has 0 unspecified atom stereocenters. The summed E-state index contributed by atoms with van der Waals surface area (Å²) < 4.78 is 34.9. The molecule has 1 N–H and O–H groups in total. The smallest absolute Gasteiger partial charge is 0.392 e. The van der Waals surface area contributed by atoms with Crippen molar-refractivity contribution in [3.05, 3.63) is 81.7 Å². The highest BCUT2D eigenvalue weighted by Gasteiger charge is 2.41. The van der Waals surface area contributed by atoms with Crippen molar-refractivity contribution in [2.75, 3.05) is 6.54 Å². The number of amides is 2. The Hall–Kier alpha value is -3.89. The molecule has 1 aromatic carbocycles. The van der Waals surface area contributed by atoms with E-state index in [1.54, 1.807) is 42.5 Å². The van der Waals surface area contributed by atoms with Gasteiger partial charge in [0.05, 0.1) is 18.3 Å². The van der Waals surface area contributed by atoms with E-state index in [0.29, 0.717) is 11.1 Å². The Morgan fingerprint density at radius 2 is 1.92 bits per heavy atom. The number of carbonyl (C=O) groups excluding carboxylic acids is 2. The van der Waals surface area contributed by atoms with Gasteiger partial charge in [-0.2, -0.15) is 9.07 Å². The number of pyridine rings is 1. The summed E-state index contributed by atoms with van der Waals surface area (Å²) >= 11 is 0. The predicted molar refractivity (Wildman–Crippen MR) is 125 cm³/mol. The summed E-state index contributed by atoms with van der Waals surface area (Å²) in [5, 5.41) is 6.65. The van der Waals surface area contributed by atoms with Gasteiger partial charge in [-0.05, 0) is 17.5 Å². The number of likely N-dealkylation sites (tertiary alicyclic amines) is 1. The highest BCUT2D eigenvalue weighted by molar-refractivity contribution is 5.89. The quantitative estimate of drug-likeness (QED) is 0.500. The van der Waals surface area contributed by atoms with E-state index < -0.39 is 48.2 Å². The van der Waals surface area contributed by atoms with Gasteiger partial charge in [0.2, 0.25) is 23.7 Å². The van der Waals surface area contributed by atoms with Gasteiger partial charge in [-0.1, -0.05) is 50.2 Å². The van der Waals surface area contributed by atoms with Crippen molar-refractivity contribution >= 4 is 11.8 Å². The molecule has 3 heterocycles. The normalized spacial score (nSPS) is 18.4. The van der Waals surface area contributed by atoms with E-state index in [4.69, 9.17) is 4.42 Å². The fraction of sp³-hybridized carbons (Fsp3) is 0.400. The largest absolute Gasteiger partial charge is 0.436 e. The van der Waals surface area contributed by atoms with E-state index in [1.165, 1.54) is 7.05 Å². The Morgan fingerprint density at radius 1 is 1.19 bits per heavy atom. The van der Waals surface area contributed by atoms with Crippen LogP contribution in [0.5, 0.6) is 0 Å². The first-order chi connectivity index (χ1) is 17.1. The van der Waals surface area contributed by atoms with Crippen LogP contribution in [0.4, 0.5) is 8.78 Å². The van der Waals surface area contributed by atoms with Crippen LogP contribution in [0.1, 0.15) is 54.9 Å². The number of carbonyl (C=O) groups is 2. The topological polar surface area (TPSA) is 110 Å². The standard InChI is InChI=1S/C25H27F2N5O4/c1-14(2)17-9-10-18(28-23(17)27)22(15-7-5-4-6-8-15)29-24(34)19-11-16(26)13-32(19)21(33)12-20-30-31(3)25(35)36-20/h4-10,14,16,19,22H,11-13H2,1-3H3,(H,29,34)/t16-,19+,22+/m1/s1. The molecule has 1 aliphatic rings. The van der Waals surface area contributed by atoms with Crippen LogP contribution >= 0.6 is 0 Å². The predicted octanol–water partition coefficient (Wildman–Crippen LogP) is 2.42. The third-order valence-corrected chi connectivity index (χ3v) is 6.14. The minimum Gasteiger partial charge on any atom is -0.392 e. The lowest BCUT2D eigenvalue weighted by Crippen LogP contribution is -2.47. The maximum Gasteiger partial charge on any atom is 0.436 e. The molecule has 3 aromatic rings. The Labute approximate surface area is 206 Å². The second-order valence-electron chi connectivity index (χ2n) is 9.08. The van der Waals surface area contributed by atoms with Gasteiger partial charge in [-0.15, -0.1) is 5.10 Å². The summed E-state index contributed by atoms with van der Waals surface area (Å²) in [7, 11) is 1.37. The van der Waals surface area contributed by atoms with Crippen LogP contribution in [-0.4, -0.2) is 50.2 Å². The van der Waals surface area contributed by atoms with Crippen LogP contribution < -0.4 is 11.1 Å². The number of alkyl halides is 1. The van der Waals surface area contributed by atoms with Crippen molar-refractivity contribution < 1.29 is 22.8 Å². The number of aromatic nitrogens is 3. The minimum atomic E-state index is -1.41. The molecule has 2 amide bonds. The van der Waals surface area contributed by atoms with Crippen molar-refractivity contribution in [3.63, 3.8) is 0 Å². The first kappa shape index (κ1) is 25.2. The van der Waals surface area contributed by atoms with Gasteiger partial charge < -0.3 is 14.6 Å². The molecule has 0 bridgehead atoms. The van der Waals surface area contributed by atoms with Gasteiger partial charge in [0.25, 0.3) is 0 Å². The van der Waals surface area contributed by atoms with Gasteiger partial charge in [-0.3, -0.25) is 9.59 Å². The number of benzene rings is 1. The van der Waals surface area contributed by atoms with E-state index in [9.17, 15) is 23.2 Å². The van der Waals surface area contributed by atoms with Crippen molar-refractivity contribution in [3.8, 4) is 0 Å². The van der Waals surface area contributed by atoms with Crippen LogP contribution in [0.15, 0.2) is 51.7 Å². The SMILES string of the molecule is CC(C)c1ccc([C@@H](NC(=O)[C@@H]2C[C@@H](F)CN2C(=O)Cc2nn(C)c(=O)o2)c2ccccc2)nc1F. The zero-order chi connectivity index (χ0) is 26.0. The lowest BCUT2D eigenvalue weighted by molar-refractivity contribution is -0.138. The average Bonchev–Trinajstić information content (AvgIpc) is 3.38. The lowest BCUT2D eigenvalue weighted by atomic mass is 9.99. The van der Waals surface area contributed by atoms with Crippen LogP contribution in [0.25, 0.3) is 0 Å². The fourth-order valence-electron chi connectivity index (χ4n) is 4.27. The molecule has 0 radical (unpaired) electrons. The number of nitrogens with one attached hydrogen (secondary N) is 1. The van der Waals surface area contributed by atoms with Gasteiger partial charge in [0.1, 0.15) is 18.6 Å².